The third-order valence-corrected chi connectivity index (χ3v) is 4.64. The van der Waals surface area contributed by atoms with E-state index in [0.29, 0.717) is 5.03 Å². The average molecular weight is 340 g/mol. The van der Waals surface area contributed by atoms with Crippen molar-refractivity contribution in [1.82, 2.24) is 0 Å². The molecule has 0 atom stereocenters. The SMILES string of the molecule is CN1/C(=C(\C#N)C(=O)COC(=O)c2ccco2)Sc2ccccc21. The molecule has 7 heteroatoms. The maximum Gasteiger partial charge on any atom is 0.374 e. The molecule has 120 valence electrons. The number of para-hydroxylation sites is 1. The highest BCUT2D eigenvalue weighted by Crippen LogP contribution is 2.46. The Morgan fingerprint density at radius 2 is 2.08 bits per heavy atom. The standard InChI is InChI=1S/C17H12N2O4S/c1-19-12-5-2-3-7-15(12)24-16(19)11(9-18)13(20)10-23-17(21)14-6-4-8-22-14/h2-8H,10H2,1H3/b16-11-. The van der Waals surface area contributed by atoms with Gasteiger partial charge < -0.3 is 14.1 Å². The molecule has 2 heterocycles. The van der Waals surface area contributed by atoms with Gasteiger partial charge in [-0.15, -0.1) is 0 Å². The van der Waals surface area contributed by atoms with E-state index in [1.165, 1.54) is 24.1 Å². The Labute approximate surface area is 142 Å². The number of nitriles is 1. The van der Waals surface area contributed by atoms with Crippen LogP contribution >= 0.6 is 11.8 Å². The van der Waals surface area contributed by atoms with Gasteiger partial charge in [0, 0.05) is 11.9 Å². The van der Waals surface area contributed by atoms with Crippen LogP contribution in [0, 0.1) is 11.3 Å². The van der Waals surface area contributed by atoms with E-state index in [1.807, 2.05) is 30.3 Å². The van der Waals surface area contributed by atoms with Crippen LogP contribution in [-0.2, 0) is 9.53 Å². The molecule has 24 heavy (non-hydrogen) atoms. The van der Waals surface area contributed by atoms with Crippen molar-refractivity contribution < 1.29 is 18.7 Å². The molecule has 3 rings (SSSR count). The average Bonchev–Trinajstić information content (AvgIpc) is 3.23. The number of ketones is 1. The van der Waals surface area contributed by atoms with Gasteiger partial charge in [0.1, 0.15) is 16.7 Å². The summed E-state index contributed by atoms with van der Waals surface area (Å²) in [6, 6.07) is 12.5. The molecule has 0 saturated carbocycles. The number of carbonyl (C=O) groups excluding carboxylic acids is 2. The molecular weight excluding hydrogens is 328 g/mol. The number of hydrogen-bond acceptors (Lipinski definition) is 7. The molecule has 0 spiro atoms. The van der Waals surface area contributed by atoms with Gasteiger partial charge in [-0.1, -0.05) is 23.9 Å². The fraction of sp³-hybridized carbons (Fsp3) is 0.118. The van der Waals surface area contributed by atoms with Gasteiger partial charge in [-0.3, -0.25) is 4.79 Å². The lowest BCUT2D eigenvalue weighted by molar-refractivity contribution is -0.118. The van der Waals surface area contributed by atoms with Gasteiger partial charge in [0.05, 0.1) is 12.0 Å². The predicted octanol–water partition coefficient (Wildman–Crippen LogP) is 2.98. The zero-order chi connectivity index (χ0) is 17.1. The van der Waals surface area contributed by atoms with Crippen LogP contribution in [0.2, 0.25) is 0 Å². The summed E-state index contributed by atoms with van der Waals surface area (Å²) in [5.74, 6) is -1.29. The highest BCUT2D eigenvalue weighted by atomic mass is 32.2. The number of fused-ring (bicyclic) bond motifs is 1. The van der Waals surface area contributed by atoms with Gasteiger partial charge in [0.25, 0.3) is 0 Å². The van der Waals surface area contributed by atoms with Gasteiger partial charge in [-0.05, 0) is 24.3 Å². The number of benzene rings is 1. The van der Waals surface area contributed by atoms with E-state index < -0.39 is 18.4 Å². The minimum Gasteiger partial charge on any atom is -0.457 e. The molecule has 1 aliphatic rings. The van der Waals surface area contributed by atoms with Crippen LogP contribution in [0.4, 0.5) is 5.69 Å². The lowest BCUT2D eigenvalue weighted by Gasteiger charge is -2.14. The lowest BCUT2D eigenvalue weighted by atomic mass is 10.2. The number of ether oxygens (including phenoxy) is 1. The molecule has 0 bridgehead atoms. The Morgan fingerprint density at radius 1 is 1.29 bits per heavy atom. The molecule has 0 saturated heterocycles. The minimum atomic E-state index is -0.744. The molecule has 0 amide bonds. The highest BCUT2D eigenvalue weighted by molar-refractivity contribution is 8.03. The molecule has 0 aliphatic carbocycles. The normalized spacial score (nSPS) is 14.8. The van der Waals surface area contributed by atoms with Crippen molar-refractivity contribution in [2.75, 3.05) is 18.6 Å². The second kappa shape index (κ2) is 6.64. The van der Waals surface area contributed by atoms with Crippen molar-refractivity contribution in [3.05, 3.63) is 59.0 Å². The van der Waals surface area contributed by atoms with Crippen LogP contribution in [0.3, 0.4) is 0 Å². The Hall–Kier alpha value is -2.98. The van der Waals surface area contributed by atoms with E-state index in [4.69, 9.17) is 9.15 Å². The largest absolute Gasteiger partial charge is 0.457 e. The first kappa shape index (κ1) is 15.9. The lowest BCUT2D eigenvalue weighted by Crippen LogP contribution is -2.19. The quantitative estimate of drug-likeness (QED) is 0.480. The summed E-state index contributed by atoms with van der Waals surface area (Å²) >= 11 is 1.34. The summed E-state index contributed by atoms with van der Waals surface area (Å²) in [6.45, 7) is -0.517. The van der Waals surface area contributed by atoms with E-state index in [9.17, 15) is 14.9 Å². The van der Waals surface area contributed by atoms with E-state index in [0.717, 1.165) is 10.6 Å². The van der Waals surface area contributed by atoms with Crippen molar-refractivity contribution in [1.29, 1.82) is 5.26 Å². The number of Topliss-reactive ketones (excluding diaryl/α,β-unsaturated/α-hetero) is 1. The van der Waals surface area contributed by atoms with Crippen LogP contribution in [0.5, 0.6) is 0 Å². The number of thioether (sulfide) groups is 1. The number of rotatable bonds is 4. The second-order valence-electron chi connectivity index (χ2n) is 4.90. The molecule has 0 N–H and O–H groups in total. The fourth-order valence-corrected chi connectivity index (χ4v) is 3.38. The van der Waals surface area contributed by atoms with Gasteiger partial charge in [0.15, 0.2) is 6.61 Å². The number of furan rings is 1. The molecule has 0 radical (unpaired) electrons. The van der Waals surface area contributed by atoms with Gasteiger partial charge in [0.2, 0.25) is 11.5 Å². The zero-order valence-corrected chi connectivity index (χ0v) is 13.5. The third-order valence-electron chi connectivity index (χ3n) is 3.40. The monoisotopic (exact) mass is 340 g/mol. The van der Waals surface area contributed by atoms with Crippen molar-refractivity contribution in [2.24, 2.45) is 0 Å². The maximum atomic E-state index is 12.3. The zero-order valence-electron chi connectivity index (χ0n) is 12.7. The van der Waals surface area contributed by atoms with Crippen molar-refractivity contribution in [3.63, 3.8) is 0 Å². The summed E-state index contributed by atoms with van der Waals surface area (Å²) < 4.78 is 9.81. The van der Waals surface area contributed by atoms with Gasteiger partial charge in [-0.25, -0.2) is 4.79 Å². The van der Waals surface area contributed by atoms with Crippen LogP contribution in [0.25, 0.3) is 0 Å². The molecule has 0 unspecified atom stereocenters. The first-order valence-corrected chi connectivity index (χ1v) is 7.82. The molecule has 0 fully saturated rings. The molecule has 1 aliphatic heterocycles. The fourth-order valence-electron chi connectivity index (χ4n) is 2.22. The maximum absolute atomic E-state index is 12.3. The van der Waals surface area contributed by atoms with Crippen LogP contribution in [-0.4, -0.2) is 25.4 Å². The van der Waals surface area contributed by atoms with Crippen LogP contribution < -0.4 is 4.90 Å². The Morgan fingerprint density at radius 3 is 2.75 bits per heavy atom. The Kier molecular flexibility index (Phi) is 4.40. The molecular formula is C17H12N2O4S. The molecule has 2 aromatic rings. The molecule has 1 aromatic carbocycles. The third kappa shape index (κ3) is 2.92. The molecule has 1 aromatic heterocycles. The first-order valence-electron chi connectivity index (χ1n) is 7.00. The Balaban J connectivity index is 1.76. The van der Waals surface area contributed by atoms with Crippen molar-refractivity contribution in [3.8, 4) is 6.07 Å². The van der Waals surface area contributed by atoms with Crippen molar-refractivity contribution >= 4 is 29.2 Å². The number of nitrogens with zero attached hydrogens (tertiary/aromatic N) is 2. The van der Waals surface area contributed by atoms with E-state index in [1.54, 1.807) is 18.0 Å². The molecule has 6 nitrogen and oxygen atoms in total. The summed E-state index contributed by atoms with van der Waals surface area (Å²) in [5.41, 5.74) is 0.886. The minimum absolute atomic E-state index is 0.00808. The Bertz CT molecular complexity index is 865. The topological polar surface area (TPSA) is 83.5 Å². The highest BCUT2D eigenvalue weighted by Gasteiger charge is 2.28. The number of esters is 1. The summed E-state index contributed by atoms with van der Waals surface area (Å²) in [6.07, 6.45) is 1.34. The first-order chi connectivity index (χ1) is 11.6. The van der Waals surface area contributed by atoms with E-state index >= 15 is 0 Å². The second-order valence-corrected chi connectivity index (χ2v) is 5.93. The summed E-state index contributed by atoms with van der Waals surface area (Å²) in [7, 11) is 1.79. The summed E-state index contributed by atoms with van der Waals surface area (Å²) in [4.78, 5) is 26.8. The number of carbonyl (C=O) groups is 2. The van der Waals surface area contributed by atoms with Crippen LogP contribution in [0.1, 0.15) is 10.6 Å². The number of anilines is 1. The van der Waals surface area contributed by atoms with Gasteiger partial charge in [-0.2, -0.15) is 5.26 Å². The smallest absolute Gasteiger partial charge is 0.374 e. The predicted molar refractivity (Wildman–Crippen MR) is 87.3 cm³/mol. The van der Waals surface area contributed by atoms with Gasteiger partial charge >= 0.3 is 5.97 Å². The van der Waals surface area contributed by atoms with E-state index in [2.05, 4.69) is 0 Å². The van der Waals surface area contributed by atoms with Crippen molar-refractivity contribution in [2.45, 2.75) is 4.90 Å². The van der Waals surface area contributed by atoms with Crippen LogP contribution in [0.15, 0.2) is 62.6 Å². The number of hydrogen-bond donors (Lipinski definition) is 0. The summed E-state index contributed by atoms with van der Waals surface area (Å²) in [5, 5.41) is 9.90. The van der Waals surface area contributed by atoms with E-state index in [-0.39, 0.29) is 11.3 Å².